The van der Waals surface area contributed by atoms with E-state index in [1.807, 2.05) is 5.32 Å². The van der Waals surface area contributed by atoms with Gasteiger partial charge in [0, 0.05) is 12.8 Å². The van der Waals surface area contributed by atoms with Crippen molar-refractivity contribution in [2.24, 2.45) is 34.8 Å². The van der Waals surface area contributed by atoms with E-state index in [2.05, 4.69) is 31.9 Å². The molecule has 61 heavy (non-hydrogen) atoms. The molecule has 0 aromatic rings. The predicted molar refractivity (Wildman–Crippen MR) is 209 cm³/mol. The van der Waals surface area contributed by atoms with Gasteiger partial charge in [0.2, 0.25) is 59.1 Å². The number of aliphatic hydroxyl groups excluding tert-OH is 1. The molecule has 26 nitrogen and oxygen atoms in total. The van der Waals surface area contributed by atoms with Gasteiger partial charge in [0.1, 0.15) is 36.3 Å². The smallest absolute Gasteiger partial charge is 0.326 e. The summed E-state index contributed by atoms with van der Waals surface area (Å²) in [6, 6.07) is -11.2. The van der Waals surface area contributed by atoms with Gasteiger partial charge in [-0.05, 0) is 24.7 Å². The highest BCUT2D eigenvalue weighted by molar-refractivity contribution is 5.98. The van der Waals surface area contributed by atoms with Gasteiger partial charge in [0.15, 0.2) is 0 Å². The fraction of sp³-hybridized carbons (Fsp3) is 0.657. The van der Waals surface area contributed by atoms with Crippen LogP contribution in [0.4, 0.5) is 0 Å². The van der Waals surface area contributed by atoms with Crippen LogP contribution in [0.15, 0.2) is 0 Å². The zero-order valence-corrected chi connectivity index (χ0v) is 34.3. The van der Waals surface area contributed by atoms with E-state index in [1.165, 1.54) is 0 Å². The number of hydrogen-bond donors (Lipinski definition) is 14. The minimum atomic E-state index is -1.95. The molecule has 26 heteroatoms. The van der Waals surface area contributed by atoms with E-state index in [1.54, 1.807) is 27.7 Å². The van der Waals surface area contributed by atoms with E-state index < -0.39 is 171 Å². The van der Waals surface area contributed by atoms with Crippen LogP contribution in [0, 0.1) is 11.8 Å². The Kier molecular flexibility index (Phi) is 24.5. The van der Waals surface area contributed by atoms with Crippen LogP contribution in [0.5, 0.6) is 0 Å². The van der Waals surface area contributed by atoms with Gasteiger partial charge in [-0.3, -0.25) is 52.7 Å². The Balaban J connectivity index is 6.01. The molecular formula is C35H59N11O15. The molecule has 0 aliphatic heterocycles. The van der Waals surface area contributed by atoms with Crippen LogP contribution >= 0.6 is 0 Å². The number of carboxylic acids is 2. The molecule has 0 aliphatic carbocycles. The monoisotopic (exact) mass is 873 g/mol. The Morgan fingerprint density at radius 2 is 0.951 bits per heavy atom. The number of aliphatic carboxylic acids is 2. The maximum absolute atomic E-state index is 13.4. The summed E-state index contributed by atoms with van der Waals surface area (Å²) in [5.41, 5.74) is 21.5. The lowest BCUT2D eigenvalue weighted by molar-refractivity contribution is -0.144. The first kappa shape index (κ1) is 54.6. The molecule has 10 amide bonds. The predicted octanol–water partition coefficient (Wildman–Crippen LogP) is -6.61. The second-order valence-electron chi connectivity index (χ2n) is 14.2. The number of amides is 10. The van der Waals surface area contributed by atoms with Gasteiger partial charge in [-0.2, -0.15) is 0 Å². The molecule has 0 saturated carbocycles. The van der Waals surface area contributed by atoms with Crippen molar-refractivity contribution >= 4 is 71.0 Å². The molecule has 0 fully saturated rings. The average Bonchev–Trinajstić information content (AvgIpc) is 3.18. The maximum Gasteiger partial charge on any atom is 0.326 e. The van der Waals surface area contributed by atoms with Gasteiger partial charge in [0.25, 0.3) is 0 Å². The topological polar surface area (TPSA) is 454 Å². The summed E-state index contributed by atoms with van der Waals surface area (Å²) in [5.74, 6) is -14.6. The summed E-state index contributed by atoms with van der Waals surface area (Å²) in [6.45, 7) is 4.56. The van der Waals surface area contributed by atoms with Crippen LogP contribution in [0.25, 0.3) is 0 Å². The SMILES string of the molecule is CC[C@H](C)[C@H](N)C(=O)N[C@@H](CC(N)=O)C(=O)N[C@@H](CCC(N)=O)C(=O)N[C@@H](CC(=O)O)C(=O)NCC(=O)N[C@@H](CO)C(=O)N[C@@H](CCC(N)=O)C(=O)N[C@H](C(=O)O)[C@@H](C)CC. The van der Waals surface area contributed by atoms with E-state index in [0.29, 0.717) is 12.8 Å². The van der Waals surface area contributed by atoms with Crippen LogP contribution in [-0.2, 0) is 57.5 Å². The van der Waals surface area contributed by atoms with Crippen molar-refractivity contribution in [2.75, 3.05) is 13.2 Å². The fourth-order valence-corrected chi connectivity index (χ4v) is 5.17. The van der Waals surface area contributed by atoms with Gasteiger partial charge >= 0.3 is 11.9 Å². The third kappa shape index (κ3) is 20.9. The molecule has 0 aromatic heterocycles. The van der Waals surface area contributed by atoms with Crippen LogP contribution in [0.3, 0.4) is 0 Å². The number of carboxylic acid groups (broad SMARTS) is 2. The number of nitrogens with one attached hydrogen (secondary N) is 7. The van der Waals surface area contributed by atoms with Gasteiger partial charge in [-0.1, -0.05) is 40.5 Å². The van der Waals surface area contributed by atoms with Crippen molar-refractivity contribution in [3.8, 4) is 0 Å². The lowest BCUT2D eigenvalue weighted by Gasteiger charge is -2.26. The molecule has 0 saturated heterocycles. The number of carbonyl (C=O) groups excluding carboxylic acids is 10. The van der Waals surface area contributed by atoms with Gasteiger partial charge in [-0.15, -0.1) is 0 Å². The normalized spacial score (nSPS) is 15.2. The molecule has 18 N–H and O–H groups in total. The highest BCUT2D eigenvalue weighted by Crippen LogP contribution is 2.10. The standard InChI is InChI=1S/C35H59N11O15/c1-5-15(3)27(39)34(59)45-19(11-24(38)50)32(57)42-17(7-9-22(36)48)30(55)44-20(12-26(52)53)29(54)40-13-25(51)41-21(14-47)33(58)43-18(8-10-23(37)49)31(56)46-28(35(60)61)16(4)6-2/h15-21,27-28,47H,5-14,39H2,1-4H3,(H2,36,48)(H2,37,49)(H2,38,50)(H,40,54)(H,41,51)(H,42,57)(H,43,58)(H,44,55)(H,45,59)(H,46,56)(H,52,53)(H,60,61)/t15-,16-,17-,18-,19-,20-,21-,27-,28-/m0/s1. The van der Waals surface area contributed by atoms with Crippen LogP contribution in [0.2, 0.25) is 0 Å². The number of nitrogens with two attached hydrogens (primary N) is 4. The van der Waals surface area contributed by atoms with E-state index in [-0.39, 0.29) is 5.92 Å². The Bertz CT molecular complexity index is 1630. The summed E-state index contributed by atoms with van der Waals surface area (Å²) in [7, 11) is 0. The molecule has 9 atom stereocenters. The summed E-state index contributed by atoms with van der Waals surface area (Å²) in [6.07, 6.45) is -2.91. The third-order valence-corrected chi connectivity index (χ3v) is 9.27. The van der Waals surface area contributed by atoms with Crippen LogP contribution in [-0.4, -0.2) is 142 Å². The minimum absolute atomic E-state index is 0.348. The average molecular weight is 874 g/mol. The van der Waals surface area contributed by atoms with E-state index >= 15 is 0 Å². The summed E-state index contributed by atoms with van der Waals surface area (Å²) in [4.78, 5) is 149. The highest BCUT2D eigenvalue weighted by atomic mass is 16.4. The first-order valence-electron chi connectivity index (χ1n) is 19.1. The summed E-state index contributed by atoms with van der Waals surface area (Å²) in [5, 5.41) is 43.9. The van der Waals surface area contributed by atoms with Crippen LogP contribution < -0.4 is 60.2 Å². The van der Waals surface area contributed by atoms with Crippen molar-refractivity contribution in [1.82, 2.24) is 37.2 Å². The lowest BCUT2D eigenvalue weighted by Crippen LogP contribution is -2.59. The summed E-state index contributed by atoms with van der Waals surface area (Å²) >= 11 is 0. The van der Waals surface area contributed by atoms with Crippen molar-refractivity contribution in [1.29, 1.82) is 0 Å². The molecule has 0 aliphatic rings. The number of aliphatic hydroxyl groups is 1. The Labute approximate surface area is 350 Å². The molecule has 344 valence electrons. The number of rotatable bonds is 30. The van der Waals surface area contributed by atoms with Crippen molar-refractivity contribution in [3.05, 3.63) is 0 Å². The Morgan fingerprint density at radius 1 is 0.525 bits per heavy atom. The first-order valence-corrected chi connectivity index (χ1v) is 19.1. The Hall–Kier alpha value is -6.44. The van der Waals surface area contributed by atoms with Crippen LogP contribution in [0.1, 0.15) is 79.1 Å². The molecule has 0 rings (SSSR count). The third-order valence-electron chi connectivity index (χ3n) is 9.27. The zero-order valence-electron chi connectivity index (χ0n) is 34.3. The Morgan fingerprint density at radius 3 is 1.38 bits per heavy atom. The quantitative estimate of drug-likeness (QED) is 0.0319. The van der Waals surface area contributed by atoms with Gasteiger partial charge in [0.05, 0.1) is 32.0 Å². The minimum Gasteiger partial charge on any atom is -0.481 e. The van der Waals surface area contributed by atoms with Crippen molar-refractivity contribution in [2.45, 2.75) is 121 Å². The molecular weight excluding hydrogens is 814 g/mol. The van der Waals surface area contributed by atoms with Gasteiger partial charge < -0.3 is 75.5 Å². The van der Waals surface area contributed by atoms with Crippen molar-refractivity contribution in [3.63, 3.8) is 0 Å². The molecule has 0 unspecified atom stereocenters. The fourth-order valence-electron chi connectivity index (χ4n) is 5.17. The van der Waals surface area contributed by atoms with E-state index in [0.717, 1.165) is 0 Å². The maximum atomic E-state index is 13.4. The molecule has 0 bridgehead atoms. The zero-order chi connectivity index (χ0) is 47.1. The summed E-state index contributed by atoms with van der Waals surface area (Å²) < 4.78 is 0. The molecule has 0 aromatic carbocycles. The number of primary amides is 3. The molecule has 0 spiro atoms. The largest absolute Gasteiger partial charge is 0.481 e. The van der Waals surface area contributed by atoms with Crippen molar-refractivity contribution < 1.29 is 72.9 Å². The number of hydrogen-bond acceptors (Lipinski definition) is 14. The van der Waals surface area contributed by atoms with E-state index in [4.69, 9.17) is 22.9 Å². The van der Waals surface area contributed by atoms with Gasteiger partial charge in [-0.25, -0.2) is 4.79 Å². The molecule has 0 heterocycles. The number of carbonyl (C=O) groups is 12. The second-order valence-corrected chi connectivity index (χ2v) is 14.2. The van der Waals surface area contributed by atoms with E-state index in [9.17, 15) is 72.9 Å². The first-order chi connectivity index (χ1) is 28.4. The highest BCUT2D eigenvalue weighted by Gasteiger charge is 2.34. The lowest BCUT2D eigenvalue weighted by atomic mass is 9.98. The molecule has 0 radical (unpaired) electrons. The second kappa shape index (κ2) is 27.3.